The van der Waals surface area contributed by atoms with Gasteiger partial charge in [0, 0.05) is 0 Å². The second-order valence-electron chi connectivity index (χ2n) is 13.2. The van der Waals surface area contributed by atoms with E-state index < -0.39 is 15.8 Å². The van der Waals surface area contributed by atoms with Crippen LogP contribution in [0, 0.1) is 24.7 Å². The Morgan fingerprint density at radius 1 is 0.339 bits per heavy atom. The predicted octanol–water partition coefficient (Wildman–Crippen LogP) is 11.1. The van der Waals surface area contributed by atoms with Crippen molar-refractivity contribution in [3.05, 3.63) is 218 Å². The number of rotatable bonds is 4. The van der Waals surface area contributed by atoms with Crippen molar-refractivity contribution in [1.82, 2.24) is 0 Å². The van der Waals surface area contributed by atoms with Gasteiger partial charge in [-0.1, -0.05) is 156 Å². The van der Waals surface area contributed by atoms with E-state index in [1.165, 1.54) is 32.2 Å². The van der Waals surface area contributed by atoms with Crippen LogP contribution in [0.5, 0.6) is 0 Å². The Hall–Kier alpha value is -4.52. The third-order valence-corrected chi connectivity index (χ3v) is 15.1. The first-order chi connectivity index (χ1) is 26.6. The quantitative estimate of drug-likeness (QED) is 0.0542. The van der Waals surface area contributed by atoms with Crippen LogP contribution in [0.25, 0.3) is 43.1 Å². The minimum absolute atomic E-state index is 0. The maximum absolute atomic E-state index is 7.35. The van der Waals surface area contributed by atoms with Crippen molar-refractivity contribution in [2.75, 3.05) is 13.3 Å². The van der Waals surface area contributed by atoms with Gasteiger partial charge in [-0.15, -0.1) is 23.3 Å². The number of hydrogen-bond acceptors (Lipinski definition) is 0. The van der Waals surface area contributed by atoms with Crippen molar-refractivity contribution >= 4 is 80.2 Å². The molecule has 0 amide bonds. The van der Waals surface area contributed by atoms with Crippen molar-refractivity contribution in [2.24, 2.45) is 0 Å². The van der Waals surface area contributed by atoms with Crippen LogP contribution >= 0.6 is 15.8 Å². The summed E-state index contributed by atoms with van der Waals surface area (Å²) < 4.78 is 0. The van der Waals surface area contributed by atoms with Gasteiger partial charge in [-0.3, -0.25) is 11.8 Å². The van der Waals surface area contributed by atoms with Gasteiger partial charge in [-0.05, 0) is 68.7 Å². The average Bonchev–Trinajstić information content (AvgIpc) is 3.26. The molecule has 0 nitrogen and oxygen atoms in total. The van der Waals surface area contributed by atoms with Gasteiger partial charge in [0.15, 0.2) is 0 Å². The zero-order valence-electron chi connectivity index (χ0n) is 31.1. The zero-order valence-corrected chi connectivity index (χ0v) is 36.0. The molecule has 2 unspecified atom stereocenters. The number of benzene rings is 9. The Morgan fingerprint density at radius 3 is 0.982 bits per heavy atom. The van der Waals surface area contributed by atoms with Crippen molar-refractivity contribution < 1.29 is 44.8 Å². The molecule has 278 valence electrons. The van der Waals surface area contributed by atoms with Crippen LogP contribution in [0.15, 0.2) is 194 Å². The SMILES string of the molecule is C[PH+](c1ccccc1)c1ccccc1[PH+](C)c1ccccc1.[Ag+].[Ag+].[C-]#Cc1cc2ccccc2c2ccccc12.[C-]#Cc1cc2ccccc2c2ccccc12. The molecule has 0 saturated carbocycles. The summed E-state index contributed by atoms with van der Waals surface area (Å²) in [6, 6.07) is 67.8. The van der Waals surface area contributed by atoms with Gasteiger partial charge in [0.05, 0.1) is 39.8 Å². The van der Waals surface area contributed by atoms with Gasteiger partial charge in [0.2, 0.25) is 0 Å². The summed E-state index contributed by atoms with van der Waals surface area (Å²) in [7, 11) is -1.40. The molecule has 0 N–H and O–H groups in total. The average molecular weight is 943 g/mol. The van der Waals surface area contributed by atoms with E-state index >= 15 is 0 Å². The van der Waals surface area contributed by atoms with Crippen molar-refractivity contribution in [1.29, 1.82) is 0 Å². The Morgan fingerprint density at radius 2 is 0.625 bits per heavy atom. The van der Waals surface area contributed by atoms with Gasteiger partial charge < -0.3 is 12.8 Å². The van der Waals surface area contributed by atoms with E-state index in [1.807, 2.05) is 72.8 Å². The summed E-state index contributed by atoms with van der Waals surface area (Å²) in [5.41, 5.74) is 1.71. The molecule has 0 spiro atoms. The van der Waals surface area contributed by atoms with E-state index in [1.54, 1.807) is 10.6 Å². The number of hydrogen-bond donors (Lipinski definition) is 0. The largest absolute Gasteiger partial charge is 1.00 e. The Kier molecular flexibility index (Phi) is 15.7. The van der Waals surface area contributed by atoms with Crippen molar-refractivity contribution in [2.45, 2.75) is 0 Å². The van der Waals surface area contributed by atoms with Gasteiger partial charge >= 0.3 is 44.8 Å². The summed E-state index contributed by atoms with van der Waals surface area (Å²) in [5.74, 6) is 5.02. The van der Waals surface area contributed by atoms with Crippen LogP contribution in [-0.2, 0) is 44.8 Å². The molecular weight excluding hydrogens is 902 g/mol. The summed E-state index contributed by atoms with van der Waals surface area (Å²) in [4.78, 5) is 0. The molecule has 0 aliphatic heterocycles. The molecule has 0 bridgehead atoms. The molecule has 0 aliphatic rings. The monoisotopic (exact) mass is 940 g/mol. The predicted molar refractivity (Wildman–Crippen MR) is 242 cm³/mol. The molecule has 0 aromatic heterocycles. The third kappa shape index (κ3) is 9.53. The minimum Gasteiger partial charge on any atom is -0.366 e. The Labute approximate surface area is 365 Å². The van der Waals surface area contributed by atoms with Crippen LogP contribution in [0.2, 0.25) is 0 Å². The van der Waals surface area contributed by atoms with Crippen LogP contribution in [-0.4, -0.2) is 13.3 Å². The van der Waals surface area contributed by atoms with Gasteiger partial charge in [-0.25, -0.2) is 0 Å². The number of fused-ring (bicyclic) bond motifs is 6. The van der Waals surface area contributed by atoms with Crippen molar-refractivity contribution in [3.8, 4) is 11.8 Å². The first-order valence-corrected chi connectivity index (χ1v) is 22.1. The minimum atomic E-state index is -0.701. The van der Waals surface area contributed by atoms with E-state index in [4.69, 9.17) is 12.8 Å². The first-order valence-electron chi connectivity index (χ1n) is 18.1. The fraction of sp³-hybridized carbons (Fsp3) is 0.0385. The maximum atomic E-state index is 7.35. The van der Waals surface area contributed by atoms with E-state index in [0.717, 1.165) is 32.7 Å². The molecule has 2 atom stereocenters. The standard InChI is InChI=1S/C20H20P2.2C16H9.2Ag/c1-21(17-11-5-3-6-12-17)19-15-9-10-16-20(19)22(2)18-13-7-4-8-14-18;2*1-2-12-11-13-7-3-4-9-15(13)16-10-6-5-8-14(12)16;;/h3-16H,1-2H3;2*3-11H;;/q;2*-1;2*+1/p+2. The van der Waals surface area contributed by atoms with Gasteiger partial charge in [0.25, 0.3) is 0 Å². The zero-order chi connectivity index (χ0) is 37.3. The molecule has 4 heteroatoms. The van der Waals surface area contributed by atoms with Crippen LogP contribution < -0.4 is 21.2 Å². The van der Waals surface area contributed by atoms with E-state index in [0.29, 0.717) is 0 Å². The summed E-state index contributed by atoms with van der Waals surface area (Å²) >= 11 is 0. The van der Waals surface area contributed by atoms with E-state index in [9.17, 15) is 0 Å². The van der Waals surface area contributed by atoms with E-state index in [2.05, 4.69) is 146 Å². The first kappa shape index (κ1) is 42.6. The maximum Gasteiger partial charge on any atom is 1.00 e. The van der Waals surface area contributed by atoms with Gasteiger partial charge in [-0.2, -0.15) is 0 Å². The molecule has 0 saturated heterocycles. The Balaban J connectivity index is 0.000000161. The molecule has 0 fully saturated rings. The fourth-order valence-electron chi connectivity index (χ4n) is 7.14. The summed E-state index contributed by atoms with van der Waals surface area (Å²) in [5, 5.41) is 15.5. The second-order valence-corrected chi connectivity index (χ2v) is 17.9. The van der Waals surface area contributed by atoms with Crippen LogP contribution in [0.3, 0.4) is 0 Å². The van der Waals surface area contributed by atoms with Crippen LogP contribution in [0.1, 0.15) is 11.1 Å². The van der Waals surface area contributed by atoms with E-state index in [-0.39, 0.29) is 44.8 Å². The fourth-order valence-corrected chi connectivity index (χ4v) is 11.9. The molecule has 9 aromatic carbocycles. The van der Waals surface area contributed by atoms with Gasteiger partial charge in [0.1, 0.15) is 10.6 Å². The summed E-state index contributed by atoms with van der Waals surface area (Å²) in [6.07, 6.45) is 14.7. The second kappa shape index (κ2) is 20.6. The topological polar surface area (TPSA) is 0 Å². The Bertz CT molecular complexity index is 2590. The molecule has 0 radical (unpaired) electrons. The summed E-state index contributed by atoms with van der Waals surface area (Å²) in [6.45, 7) is 4.83. The van der Waals surface area contributed by atoms with Crippen LogP contribution in [0.4, 0.5) is 0 Å². The molecule has 9 aromatic rings. The molecule has 56 heavy (non-hydrogen) atoms. The molecule has 0 heterocycles. The molecular formula is C52H40Ag2P2+2. The van der Waals surface area contributed by atoms with Crippen molar-refractivity contribution in [3.63, 3.8) is 0 Å². The molecule has 0 aliphatic carbocycles. The normalized spacial score (nSPS) is 11.3. The third-order valence-electron chi connectivity index (χ3n) is 9.95. The molecule has 9 rings (SSSR count). The smallest absolute Gasteiger partial charge is 0.366 e.